The molecule has 0 atom stereocenters. The number of amides is 1. The Hall–Kier alpha value is -1.26. The molecule has 1 aromatic carbocycles. The minimum absolute atomic E-state index is 0.0167. The van der Waals surface area contributed by atoms with Gasteiger partial charge in [0.05, 0.1) is 22.0 Å². The van der Waals surface area contributed by atoms with E-state index in [0.29, 0.717) is 10.7 Å². The van der Waals surface area contributed by atoms with Crippen LogP contribution in [-0.2, 0) is 9.53 Å². The molecule has 1 amide bonds. The van der Waals surface area contributed by atoms with Crippen LogP contribution in [0.3, 0.4) is 0 Å². The Kier molecular flexibility index (Phi) is 5.20. The molecule has 4 nitrogen and oxygen atoms in total. The van der Waals surface area contributed by atoms with Gasteiger partial charge < -0.3 is 15.0 Å². The van der Waals surface area contributed by atoms with E-state index in [9.17, 15) is 4.79 Å². The van der Waals surface area contributed by atoms with Crippen LogP contribution in [0.25, 0.3) is 0 Å². The smallest absolute Gasteiger partial charge is 0.250 e. The predicted octanol–water partition coefficient (Wildman–Crippen LogP) is 3.16. The summed E-state index contributed by atoms with van der Waals surface area (Å²) in [6, 6.07) is 5.41. The summed E-state index contributed by atoms with van der Waals surface area (Å²) in [4.78, 5) is 13.7. The van der Waals surface area contributed by atoms with Gasteiger partial charge in [-0.3, -0.25) is 4.79 Å². The minimum atomic E-state index is -0.337. The van der Waals surface area contributed by atoms with Crippen LogP contribution >= 0.6 is 11.6 Å². The third-order valence-electron chi connectivity index (χ3n) is 2.34. The summed E-state index contributed by atoms with van der Waals surface area (Å²) in [5.41, 5.74) is 1.13. The van der Waals surface area contributed by atoms with Crippen molar-refractivity contribution < 1.29 is 9.53 Å². The molecule has 5 heteroatoms. The first kappa shape index (κ1) is 15.8. The van der Waals surface area contributed by atoms with Gasteiger partial charge in [0, 0.05) is 14.1 Å². The number of anilines is 2. The Morgan fingerprint density at radius 1 is 1.37 bits per heavy atom. The Labute approximate surface area is 119 Å². The second kappa shape index (κ2) is 6.26. The molecule has 0 unspecified atom stereocenters. The molecule has 0 heterocycles. The molecule has 0 aromatic heterocycles. The number of carbonyl (C=O) groups is 1. The highest BCUT2D eigenvalue weighted by Gasteiger charge is 2.15. The van der Waals surface area contributed by atoms with Crippen molar-refractivity contribution in [2.45, 2.75) is 26.4 Å². The van der Waals surface area contributed by atoms with E-state index in [2.05, 4.69) is 5.32 Å². The van der Waals surface area contributed by atoms with Gasteiger partial charge in [0.15, 0.2) is 0 Å². The molecule has 19 heavy (non-hydrogen) atoms. The minimum Gasteiger partial charge on any atom is -0.375 e. The Morgan fingerprint density at radius 3 is 2.53 bits per heavy atom. The Balaban J connectivity index is 2.77. The maximum Gasteiger partial charge on any atom is 0.250 e. The van der Waals surface area contributed by atoms with Crippen molar-refractivity contribution in [1.29, 1.82) is 0 Å². The molecule has 0 fully saturated rings. The van der Waals surface area contributed by atoms with E-state index >= 15 is 0 Å². The van der Waals surface area contributed by atoms with E-state index in [0.717, 1.165) is 5.69 Å². The van der Waals surface area contributed by atoms with Gasteiger partial charge in [0.25, 0.3) is 0 Å². The molecule has 0 aliphatic rings. The van der Waals surface area contributed by atoms with E-state index in [1.165, 1.54) is 0 Å². The third-order valence-corrected chi connectivity index (χ3v) is 2.65. The lowest BCUT2D eigenvalue weighted by molar-refractivity contribution is -0.125. The molecule has 0 saturated carbocycles. The van der Waals surface area contributed by atoms with Gasteiger partial charge in [-0.15, -0.1) is 0 Å². The number of hydrogen-bond acceptors (Lipinski definition) is 3. The van der Waals surface area contributed by atoms with Crippen LogP contribution < -0.4 is 10.2 Å². The lowest BCUT2D eigenvalue weighted by Gasteiger charge is -2.21. The van der Waals surface area contributed by atoms with E-state index in [1.807, 2.05) is 45.8 Å². The molecule has 1 N–H and O–H groups in total. The van der Waals surface area contributed by atoms with Crippen molar-refractivity contribution in [2.75, 3.05) is 30.9 Å². The molecular formula is C14H21ClN2O2. The summed E-state index contributed by atoms with van der Waals surface area (Å²) in [7, 11) is 3.76. The van der Waals surface area contributed by atoms with Gasteiger partial charge >= 0.3 is 0 Å². The molecule has 1 rings (SSSR count). The maximum absolute atomic E-state index is 11.8. The lowest BCUT2D eigenvalue weighted by atomic mass is 10.2. The highest BCUT2D eigenvalue weighted by molar-refractivity contribution is 6.34. The first-order chi connectivity index (χ1) is 8.70. The number of ether oxygens (including phenoxy) is 1. The van der Waals surface area contributed by atoms with Crippen molar-refractivity contribution in [1.82, 2.24) is 0 Å². The zero-order valence-corrected chi connectivity index (χ0v) is 12.8. The van der Waals surface area contributed by atoms with E-state index < -0.39 is 0 Å². The molecule has 0 saturated heterocycles. The number of para-hydroxylation sites is 1. The van der Waals surface area contributed by atoms with Crippen LogP contribution in [0.4, 0.5) is 11.4 Å². The van der Waals surface area contributed by atoms with Gasteiger partial charge in [-0.2, -0.15) is 0 Å². The topological polar surface area (TPSA) is 41.6 Å². The number of carbonyl (C=O) groups excluding carboxylic acids is 1. The van der Waals surface area contributed by atoms with Crippen molar-refractivity contribution in [2.24, 2.45) is 0 Å². The zero-order chi connectivity index (χ0) is 14.6. The number of halogens is 1. The second-order valence-corrected chi connectivity index (χ2v) is 5.89. The average Bonchev–Trinajstić information content (AvgIpc) is 2.25. The molecule has 0 spiro atoms. The standard InChI is InChI=1S/C14H21ClN2O2/c1-14(2,3)19-9-12(18)16-11-8-6-7-10(15)13(11)17(4)5/h6-8H,9H2,1-5H3,(H,16,18). The Bertz CT molecular complexity index is 453. The van der Waals surface area contributed by atoms with Crippen LogP contribution in [0, 0.1) is 0 Å². The summed E-state index contributed by atoms with van der Waals surface area (Å²) in [6.45, 7) is 5.74. The molecule has 0 bridgehead atoms. The summed E-state index contributed by atoms with van der Waals surface area (Å²) < 4.78 is 5.44. The van der Waals surface area contributed by atoms with E-state index in [1.54, 1.807) is 12.1 Å². The third kappa shape index (κ3) is 5.09. The van der Waals surface area contributed by atoms with Crippen LogP contribution in [0.5, 0.6) is 0 Å². The largest absolute Gasteiger partial charge is 0.375 e. The quantitative estimate of drug-likeness (QED) is 0.923. The SMILES string of the molecule is CN(C)c1c(Cl)cccc1NC(=O)COC(C)(C)C. The van der Waals surface area contributed by atoms with Crippen molar-refractivity contribution in [3.63, 3.8) is 0 Å². The first-order valence-corrected chi connectivity index (χ1v) is 6.48. The normalized spacial score (nSPS) is 11.3. The van der Waals surface area contributed by atoms with E-state index in [4.69, 9.17) is 16.3 Å². The van der Waals surface area contributed by atoms with Crippen molar-refractivity contribution in [3.05, 3.63) is 23.2 Å². The molecular weight excluding hydrogens is 264 g/mol. The summed E-state index contributed by atoms with van der Waals surface area (Å²) in [5, 5.41) is 3.41. The van der Waals surface area contributed by atoms with Crippen molar-refractivity contribution >= 4 is 28.9 Å². The molecule has 0 radical (unpaired) electrons. The maximum atomic E-state index is 11.8. The lowest BCUT2D eigenvalue weighted by Crippen LogP contribution is -2.27. The van der Waals surface area contributed by atoms with Crippen molar-refractivity contribution in [3.8, 4) is 0 Å². The fraction of sp³-hybridized carbons (Fsp3) is 0.500. The molecule has 1 aromatic rings. The van der Waals surface area contributed by atoms with Gasteiger partial charge in [-0.05, 0) is 32.9 Å². The van der Waals surface area contributed by atoms with Crippen LogP contribution in [0.2, 0.25) is 5.02 Å². The molecule has 0 aliphatic heterocycles. The number of hydrogen-bond donors (Lipinski definition) is 1. The van der Waals surface area contributed by atoms with Crippen LogP contribution in [-0.4, -0.2) is 32.2 Å². The number of nitrogens with one attached hydrogen (secondary N) is 1. The fourth-order valence-electron chi connectivity index (χ4n) is 1.54. The van der Waals surface area contributed by atoms with Gasteiger partial charge in [-0.25, -0.2) is 0 Å². The monoisotopic (exact) mass is 284 g/mol. The summed E-state index contributed by atoms with van der Waals surface area (Å²) in [6.07, 6.45) is 0. The van der Waals surface area contributed by atoms with Gasteiger partial charge in [0.2, 0.25) is 5.91 Å². The summed E-state index contributed by atoms with van der Waals surface area (Å²) in [5.74, 6) is -0.194. The molecule has 106 valence electrons. The highest BCUT2D eigenvalue weighted by atomic mass is 35.5. The Morgan fingerprint density at radius 2 is 2.00 bits per heavy atom. The fourth-order valence-corrected chi connectivity index (χ4v) is 1.88. The summed E-state index contributed by atoms with van der Waals surface area (Å²) >= 11 is 6.13. The van der Waals surface area contributed by atoms with Gasteiger partial charge in [0.1, 0.15) is 6.61 Å². The van der Waals surface area contributed by atoms with Crippen LogP contribution in [0.1, 0.15) is 20.8 Å². The number of rotatable bonds is 4. The first-order valence-electron chi connectivity index (χ1n) is 6.10. The second-order valence-electron chi connectivity index (χ2n) is 5.48. The van der Waals surface area contributed by atoms with E-state index in [-0.39, 0.29) is 18.1 Å². The van der Waals surface area contributed by atoms with Crippen LogP contribution in [0.15, 0.2) is 18.2 Å². The number of nitrogens with zero attached hydrogens (tertiary/aromatic N) is 1. The zero-order valence-electron chi connectivity index (χ0n) is 12.1. The predicted molar refractivity (Wildman–Crippen MR) is 80.1 cm³/mol. The number of benzene rings is 1. The highest BCUT2D eigenvalue weighted by Crippen LogP contribution is 2.32. The van der Waals surface area contributed by atoms with Gasteiger partial charge in [-0.1, -0.05) is 17.7 Å². The average molecular weight is 285 g/mol. The molecule has 0 aliphatic carbocycles.